The molecule has 0 saturated heterocycles. The number of carbonyl (C=O) groups is 1. The van der Waals surface area contributed by atoms with E-state index in [0.717, 1.165) is 63.5 Å². The van der Waals surface area contributed by atoms with E-state index in [1.807, 2.05) is 18.4 Å². The van der Waals surface area contributed by atoms with Crippen LogP contribution >= 0.6 is 0 Å². The van der Waals surface area contributed by atoms with Crippen LogP contribution in [0.3, 0.4) is 0 Å². The van der Waals surface area contributed by atoms with Gasteiger partial charge >= 0.3 is 5.97 Å². The number of rotatable bonds is 22. The largest absolute Gasteiger partial charge is 0.481 e. The molecule has 0 aromatic carbocycles. The molecule has 0 fully saturated rings. The summed E-state index contributed by atoms with van der Waals surface area (Å²) in [5.74, 6) is -0.762. The van der Waals surface area contributed by atoms with Crippen LogP contribution in [0, 0.1) is 11.3 Å². The highest BCUT2D eigenvalue weighted by Crippen LogP contribution is 2.26. The quantitative estimate of drug-likeness (QED) is 0.147. The topological polar surface area (TPSA) is 99.1 Å². The van der Waals surface area contributed by atoms with Crippen LogP contribution in [0.5, 0.6) is 0 Å². The van der Waals surface area contributed by atoms with Gasteiger partial charge in [-0.3, -0.25) is 9.78 Å². The molecule has 8 nitrogen and oxygen atoms in total. The molecule has 3 rings (SSSR count). The number of fused-ring (bicyclic) bond motifs is 1. The van der Waals surface area contributed by atoms with Crippen LogP contribution < -0.4 is 5.32 Å². The normalized spacial score (nSPS) is 17.3. The maximum Gasteiger partial charge on any atom is 0.303 e. The molecule has 2 N–H and O–H groups in total. The number of aliphatic carboxylic acids is 1. The van der Waals surface area contributed by atoms with Crippen molar-refractivity contribution in [3.05, 3.63) is 53.0 Å². The van der Waals surface area contributed by atoms with Crippen LogP contribution in [-0.2, 0) is 43.0 Å². The smallest absolute Gasteiger partial charge is 0.303 e. The summed E-state index contributed by atoms with van der Waals surface area (Å²) in [5.41, 5.74) is 5.29. The summed E-state index contributed by atoms with van der Waals surface area (Å²) in [6.45, 7) is 10.6. The molecule has 8 heteroatoms. The zero-order chi connectivity index (χ0) is 30.8. The minimum absolute atomic E-state index is 0.00302. The second kappa shape index (κ2) is 19.9. The van der Waals surface area contributed by atoms with Crippen LogP contribution in [-0.4, -0.2) is 68.5 Å². The number of aromatic nitrogens is 1. The van der Waals surface area contributed by atoms with Gasteiger partial charge in [-0.1, -0.05) is 52.2 Å². The van der Waals surface area contributed by atoms with Crippen molar-refractivity contribution >= 4 is 5.97 Å². The number of dihydropyridines is 1. The molecule has 242 valence electrons. The maximum absolute atomic E-state index is 11.5. The Morgan fingerprint density at radius 1 is 0.953 bits per heavy atom. The van der Waals surface area contributed by atoms with Crippen LogP contribution in [0.4, 0.5) is 0 Å². The third-order valence-electron chi connectivity index (χ3n) is 8.01. The molecule has 0 spiro atoms. The second-order valence-corrected chi connectivity index (χ2v) is 13.0. The fourth-order valence-electron chi connectivity index (χ4n) is 5.41. The van der Waals surface area contributed by atoms with Crippen LogP contribution in [0.1, 0.15) is 95.5 Å². The minimum atomic E-state index is -0.759. The molecule has 1 aromatic heterocycles. The van der Waals surface area contributed by atoms with Gasteiger partial charge in [-0.05, 0) is 86.0 Å². The predicted molar refractivity (Wildman–Crippen MR) is 170 cm³/mol. The number of carboxylic acids is 1. The fraction of sp³-hybridized carbons (Fsp3) is 0.714. The van der Waals surface area contributed by atoms with Crippen LogP contribution in [0.25, 0.3) is 0 Å². The molecular weight excluding hydrogens is 544 g/mol. The van der Waals surface area contributed by atoms with E-state index in [-0.39, 0.29) is 18.6 Å². The summed E-state index contributed by atoms with van der Waals surface area (Å²) in [5, 5.41) is 12.7. The summed E-state index contributed by atoms with van der Waals surface area (Å²) < 4.78 is 22.6. The second-order valence-electron chi connectivity index (χ2n) is 13.0. The highest BCUT2D eigenvalue weighted by molar-refractivity contribution is 5.67. The zero-order valence-corrected chi connectivity index (χ0v) is 26.9. The average molecular weight is 601 g/mol. The molecule has 2 aliphatic rings. The van der Waals surface area contributed by atoms with E-state index in [9.17, 15) is 9.90 Å². The Bertz CT molecular complexity index is 1000. The first-order chi connectivity index (χ1) is 20.8. The van der Waals surface area contributed by atoms with E-state index < -0.39 is 5.97 Å². The van der Waals surface area contributed by atoms with Gasteiger partial charge in [0.25, 0.3) is 0 Å². The van der Waals surface area contributed by atoms with Crippen LogP contribution in [0.2, 0.25) is 0 Å². The summed E-state index contributed by atoms with van der Waals surface area (Å²) in [6.07, 6.45) is 18.0. The number of nitrogens with zero attached hydrogens (tertiary/aromatic N) is 1. The number of hydrogen-bond donors (Lipinski definition) is 2. The first-order valence-corrected chi connectivity index (χ1v) is 16.5. The molecule has 1 unspecified atom stereocenters. The number of allylic oxidation sites excluding steroid dienone is 2. The summed E-state index contributed by atoms with van der Waals surface area (Å²) >= 11 is 0. The van der Waals surface area contributed by atoms with Gasteiger partial charge in [-0.25, -0.2) is 0 Å². The van der Waals surface area contributed by atoms with E-state index in [0.29, 0.717) is 45.1 Å². The highest BCUT2D eigenvalue weighted by atomic mass is 16.6. The Morgan fingerprint density at radius 3 is 2.35 bits per heavy atom. The van der Waals surface area contributed by atoms with Crippen molar-refractivity contribution in [3.63, 3.8) is 0 Å². The molecular formula is C35H56N2O6. The van der Waals surface area contributed by atoms with E-state index in [4.69, 9.17) is 23.9 Å². The Labute approximate surface area is 259 Å². The molecule has 1 aliphatic carbocycles. The lowest BCUT2D eigenvalue weighted by molar-refractivity contribution is -0.137. The van der Waals surface area contributed by atoms with Crippen molar-refractivity contribution in [3.8, 4) is 0 Å². The van der Waals surface area contributed by atoms with E-state index in [2.05, 4.69) is 38.2 Å². The molecule has 0 bridgehead atoms. The van der Waals surface area contributed by atoms with Gasteiger partial charge in [0.05, 0.1) is 46.1 Å². The van der Waals surface area contributed by atoms with Gasteiger partial charge in [-0.15, -0.1) is 0 Å². The molecule has 0 saturated carbocycles. The molecule has 1 aromatic rings. The lowest BCUT2D eigenvalue weighted by atomic mass is 9.89. The molecule has 0 amide bonds. The van der Waals surface area contributed by atoms with Gasteiger partial charge < -0.3 is 29.4 Å². The van der Waals surface area contributed by atoms with Gasteiger partial charge in [-0.2, -0.15) is 0 Å². The maximum atomic E-state index is 11.5. The Hall–Kier alpha value is -2.26. The minimum Gasteiger partial charge on any atom is -0.481 e. The van der Waals surface area contributed by atoms with Gasteiger partial charge in [0.1, 0.15) is 6.23 Å². The summed E-state index contributed by atoms with van der Waals surface area (Å²) in [6, 6.07) is 4.48. The van der Waals surface area contributed by atoms with E-state index >= 15 is 0 Å². The monoisotopic (exact) mass is 600 g/mol. The Morgan fingerprint density at radius 2 is 1.65 bits per heavy atom. The first-order valence-electron chi connectivity index (χ1n) is 16.5. The van der Waals surface area contributed by atoms with Gasteiger partial charge in [0, 0.05) is 24.2 Å². The number of carboxylic acid groups (broad SMARTS) is 1. The molecule has 43 heavy (non-hydrogen) atoms. The lowest BCUT2D eigenvalue weighted by Gasteiger charge is -2.23. The van der Waals surface area contributed by atoms with Crippen molar-refractivity contribution in [2.45, 2.75) is 104 Å². The fourth-order valence-corrected chi connectivity index (χ4v) is 5.41. The number of unbranched alkanes of at least 4 members (excludes halogenated alkanes) is 3. The lowest BCUT2D eigenvalue weighted by Crippen LogP contribution is -2.30. The number of hydrogen-bond acceptors (Lipinski definition) is 7. The SMILES string of the molecule is CC(C)(C)CCOCCOCCOCCOC1C=CC([C@@H](CCCCCCc2ccc3c(n2)CCCC3)CC(=O)O)=CN1. The molecule has 2 atom stereocenters. The highest BCUT2D eigenvalue weighted by Gasteiger charge is 2.19. The van der Waals surface area contributed by atoms with Crippen molar-refractivity contribution in [1.82, 2.24) is 10.3 Å². The number of aryl methyl sites for hydroxylation is 3. The number of ether oxygens (including phenoxy) is 4. The molecule has 1 aliphatic heterocycles. The predicted octanol–water partition coefficient (Wildman–Crippen LogP) is 6.42. The van der Waals surface area contributed by atoms with Crippen molar-refractivity contribution in [1.29, 1.82) is 0 Å². The zero-order valence-electron chi connectivity index (χ0n) is 26.9. The van der Waals surface area contributed by atoms with Crippen LogP contribution in [0.15, 0.2) is 36.1 Å². The van der Waals surface area contributed by atoms with Crippen molar-refractivity contribution < 1.29 is 28.8 Å². The van der Waals surface area contributed by atoms with Gasteiger partial charge in [0.15, 0.2) is 0 Å². The van der Waals surface area contributed by atoms with Crippen molar-refractivity contribution in [2.24, 2.45) is 11.3 Å². The Kier molecular flexibility index (Phi) is 16.3. The third kappa shape index (κ3) is 15.3. The average Bonchev–Trinajstić information content (AvgIpc) is 2.98. The Balaban J connectivity index is 1.21. The third-order valence-corrected chi connectivity index (χ3v) is 8.01. The standard InChI is InChI=1S/C35H56N2O6/c1-35(2,3)18-19-40-20-21-41-22-23-42-24-25-43-33-17-15-30(27-36-33)29(26-34(38)39)11-6-4-5-7-12-31-16-14-28-10-8-9-13-32(28)37-31/h14-17,27,29,33,36H,4-13,18-26H2,1-3H3,(H,38,39)/t29-,33?/m0/s1. The van der Waals surface area contributed by atoms with Gasteiger partial charge in [0.2, 0.25) is 0 Å². The summed E-state index contributed by atoms with van der Waals surface area (Å²) in [4.78, 5) is 16.4. The molecule has 0 radical (unpaired) electrons. The van der Waals surface area contributed by atoms with E-state index in [1.165, 1.54) is 36.2 Å². The number of pyridine rings is 1. The first kappa shape index (κ1) is 35.2. The molecule has 2 heterocycles. The van der Waals surface area contributed by atoms with E-state index in [1.54, 1.807) is 0 Å². The number of nitrogens with one attached hydrogen (secondary N) is 1. The summed E-state index contributed by atoms with van der Waals surface area (Å²) in [7, 11) is 0. The van der Waals surface area contributed by atoms with Crippen molar-refractivity contribution in [2.75, 3.05) is 46.2 Å².